The first-order valence-corrected chi connectivity index (χ1v) is 10.1. The third kappa shape index (κ3) is 3.73. The Labute approximate surface area is 177 Å². The Morgan fingerprint density at radius 3 is 2.17 bits per heavy atom. The second-order valence-corrected chi connectivity index (χ2v) is 8.64. The molecule has 4 heteroatoms. The highest BCUT2D eigenvalue weighted by molar-refractivity contribution is 6.20. The standard InChI is InChI=1S/C26H25NO3/c1-17-10-15-22-21(16-17)23(24(28)27(22)25(29)30-26(2,3)4)20-13-11-19(12-14-20)18-8-6-5-7-9-18/h5-16,23H,1-4H3. The van der Waals surface area contributed by atoms with Gasteiger partial charge in [-0.1, -0.05) is 72.3 Å². The maximum absolute atomic E-state index is 13.4. The molecule has 0 fully saturated rings. The minimum Gasteiger partial charge on any atom is -0.443 e. The molecule has 1 unspecified atom stereocenters. The maximum Gasteiger partial charge on any atom is 0.421 e. The van der Waals surface area contributed by atoms with Crippen molar-refractivity contribution in [2.75, 3.05) is 4.90 Å². The Balaban J connectivity index is 1.73. The van der Waals surface area contributed by atoms with Crippen LogP contribution >= 0.6 is 0 Å². The van der Waals surface area contributed by atoms with Gasteiger partial charge in [-0.25, -0.2) is 9.69 Å². The van der Waals surface area contributed by atoms with Gasteiger partial charge in [0.1, 0.15) is 5.60 Å². The van der Waals surface area contributed by atoms with Gasteiger partial charge in [-0.2, -0.15) is 0 Å². The summed E-state index contributed by atoms with van der Waals surface area (Å²) in [4.78, 5) is 27.4. The molecule has 3 aromatic rings. The number of hydrogen-bond donors (Lipinski definition) is 0. The Bertz CT molecular complexity index is 1100. The molecule has 3 aromatic carbocycles. The van der Waals surface area contributed by atoms with Crippen LogP contribution in [0.25, 0.3) is 11.1 Å². The monoisotopic (exact) mass is 399 g/mol. The molecule has 0 spiro atoms. The quantitative estimate of drug-likeness (QED) is 0.525. The van der Waals surface area contributed by atoms with E-state index < -0.39 is 17.6 Å². The number of benzene rings is 3. The molecular formula is C26H25NO3. The Morgan fingerprint density at radius 2 is 1.53 bits per heavy atom. The third-order valence-corrected chi connectivity index (χ3v) is 5.13. The van der Waals surface area contributed by atoms with E-state index in [2.05, 4.69) is 12.1 Å². The first-order chi connectivity index (χ1) is 14.2. The van der Waals surface area contributed by atoms with Gasteiger partial charge >= 0.3 is 6.09 Å². The van der Waals surface area contributed by atoms with Crippen LogP contribution < -0.4 is 4.90 Å². The average Bonchev–Trinajstić information content (AvgIpc) is 2.98. The summed E-state index contributed by atoms with van der Waals surface area (Å²) in [7, 11) is 0. The molecule has 1 atom stereocenters. The molecule has 30 heavy (non-hydrogen) atoms. The van der Waals surface area contributed by atoms with Crippen LogP contribution in [-0.4, -0.2) is 17.6 Å². The van der Waals surface area contributed by atoms with E-state index in [9.17, 15) is 9.59 Å². The molecule has 4 rings (SSSR count). The normalized spacial score (nSPS) is 15.8. The van der Waals surface area contributed by atoms with Crippen LogP contribution in [0, 0.1) is 6.92 Å². The summed E-state index contributed by atoms with van der Waals surface area (Å²) >= 11 is 0. The van der Waals surface area contributed by atoms with E-state index >= 15 is 0 Å². The van der Waals surface area contributed by atoms with E-state index in [1.807, 2.05) is 67.6 Å². The van der Waals surface area contributed by atoms with Crippen molar-refractivity contribution >= 4 is 17.7 Å². The molecule has 152 valence electrons. The number of nitrogens with zero attached hydrogens (tertiary/aromatic N) is 1. The van der Waals surface area contributed by atoms with Crippen LogP contribution in [-0.2, 0) is 9.53 Å². The van der Waals surface area contributed by atoms with Gasteiger partial charge in [-0.05, 0) is 56.0 Å². The largest absolute Gasteiger partial charge is 0.443 e. The van der Waals surface area contributed by atoms with Crippen molar-refractivity contribution in [1.82, 2.24) is 0 Å². The lowest BCUT2D eigenvalue weighted by Crippen LogP contribution is -2.39. The van der Waals surface area contributed by atoms with Crippen LogP contribution in [0.2, 0.25) is 0 Å². The number of anilines is 1. The average molecular weight is 399 g/mol. The highest BCUT2D eigenvalue weighted by atomic mass is 16.6. The molecule has 4 nitrogen and oxygen atoms in total. The summed E-state index contributed by atoms with van der Waals surface area (Å²) in [5.41, 5.74) is 4.84. The van der Waals surface area contributed by atoms with Gasteiger partial charge in [0.15, 0.2) is 0 Å². The van der Waals surface area contributed by atoms with E-state index in [1.165, 1.54) is 4.90 Å². The summed E-state index contributed by atoms with van der Waals surface area (Å²) in [6.07, 6.45) is -0.638. The van der Waals surface area contributed by atoms with Crippen LogP contribution in [0.3, 0.4) is 0 Å². The number of carbonyl (C=O) groups is 2. The molecule has 1 aliphatic heterocycles. The van der Waals surface area contributed by atoms with Gasteiger partial charge < -0.3 is 4.74 Å². The van der Waals surface area contributed by atoms with E-state index in [4.69, 9.17) is 4.74 Å². The van der Waals surface area contributed by atoms with Crippen LogP contribution in [0.1, 0.15) is 43.4 Å². The lowest BCUT2D eigenvalue weighted by Gasteiger charge is -2.24. The minimum atomic E-state index is -0.683. The molecule has 0 bridgehead atoms. The van der Waals surface area contributed by atoms with Gasteiger partial charge in [0.05, 0.1) is 11.6 Å². The van der Waals surface area contributed by atoms with Crippen LogP contribution in [0.15, 0.2) is 72.8 Å². The molecule has 1 aliphatic rings. The highest BCUT2D eigenvalue weighted by Crippen LogP contribution is 2.42. The zero-order valence-corrected chi connectivity index (χ0v) is 17.7. The van der Waals surface area contributed by atoms with Gasteiger partial charge in [0, 0.05) is 0 Å². The Morgan fingerprint density at radius 1 is 0.900 bits per heavy atom. The predicted octanol–water partition coefficient (Wildman–Crippen LogP) is 6.08. The van der Waals surface area contributed by atoms with Crippen LogP contribution in [0.5, 0.6) is 0 Å². The lowest BCUT2D eigenvalue weighted by atomic mass is 9.90. The third-order valence-electron chi connectivity index (χ3n) is 5.13. The minimum absolute atomic E-state index is 0.280. The number of hydrogen-bond acceptors (Lipinski definition) is 3. The van der Waals surface area contributed by atoms with E-state index in [0.717, 1.165) is 27.8 Å². The summed E-state index contributed by atoms with van der Waals surface area (Å²) in [6.45, 7) is 7.36. The number of amides is 2. The summed E-state index contributed by atoms with van der Waals surface area (Å²) in [6, 6.07) is 23.8. The molecule has 0 aromatic heterocycles. The summed E-state index contributed by atoms with van der Waals surface area (Å²) in [5.74, 6) is -0.811. The van der Waals surface area contributed by atoms with Crippen molar-refractivity contribution in [3.05, 3.63) is 89.5 Å². The Hall–Kier alpha value is -3.40. The van der Waals surface area contributed by atoms with Crippen molar-refractivity contribution in [1.29, 1.82) is 0 Å². The number of rotatable bonds is 2. The lowest BCUT2D eigenvalue weighted by molar-refractivity contribution is -0.118. The fourth-order valence-corrected chi connectivity index (χ4v) is 3.81. The van der Waals surface area contributed by atoms with E-state index in [-0.39, 0.29) is 5.91 Å². The first-order valence-electron chi connectivity index (χ1n) is 10.1. The van der Waals surface area contributed by atoms with Crippen molar-refractivity contribution in [2.24, 2.45) is 0 Å². The van der Waals surface area contributed by atoms with Gasteiger partial charge in [0.25, 0.3) is 0 Å². The maximum atomic E-state index is 13.4. The second-order valence-electron chi connectivity index (χ2n) is 8.64. The molecule has 0 aliphatic carbocycles. The van der Waals surface area contributed by atoms with Gasteiger partial charge in [-0.3, -0.25) is 4.79 Å². The SMILES string of the molecule is Cc1ccc2c(c1)C(c1ccc(-c3ccccc3)cc1)C(=O)N2C(=O)OC(C)(C)C. The number of imide groups is 1. The molecule has 0 radical (unpaired) electrons. The number of ether oxygens (including phenoxy) is 1. The predicted molar refractivity (Wildman–Crippen MR) is 119 cm³/mol. The van der Waals surface area contributed by atoms with Gasteiger partial charge in [-0.15, -0.1) is 0 Å². The topological polar surface area (TPSA) is 46.6 Å². The molecular weight excluding hydrogens is 374 g/mol. The summed E-state index contributed by atoms with van der Waals surface area (Å²) < 4.78 is 5.51. The van der Waals surface area contributed by atoms with Gasteiger partial charge in [0.2, 0.25) is 5.91 Å². The first kappa shape index (κ1) is 19.9. The molecule has 0 N–H and O–H groups in total. The molecule has 0 saturated heterocycles. The zero-order chi connectivity index (χ0) is 21.5. The zero-order valence-electron chi connectivity index (χ0n) is 17.7. The highest BCUT2D eigenvalue weighted by Gasteiger charge is 2.43. The van der Waals surface area contributed by atoms with E-state index in [1.54, 1.807) is 20.8 Å². The number of carbonyl (C=O) groups excluding carboxylic acids is 2. The van der Waals surface area contributed by atoms with Crippen molar-refractivity contribution in [2.45, 2.75) is 39.2 Å². The fraction of sp³-hybridized carbons (Fsp3) is 0.231. The van der Waals surface area contributed by atoms with E-state index in [0.29, 0.717) is 5.69 Å². The molecule has 2 amide bonds. The second kappa shape index (κ2) is 7.45. The fourth-order valence-electron chi connectivity index (χ4n) is 3.81. The summed E-state index contributed by atoms with van der Waals surface area (Å²) in [5, 5.41) is 0. The van der Waals surface area contributed by atoms with Crippen molar-refractivity contribution < 1.29 is 14.3 Å². The molecule has 0 saturated carbocycles. The van der Waals surface area contributed by atoms with Crippen molar-refractivity contribution in [3.63, 3.8) is 0 Å². The molecule has 1 heterocycles. The van der Waals surface area contributed by atoms with Crippen LogP contribution in [0.4, 0.5) is 10.5 Å². The smallest absolute Gasteiger partial charge is 0.421 e. The van der Waals surface area contributed by atoms with Crippen molar-refractivity contribution in [3.8, 4) is 11.1 Å². The Kier molecular flexibility index (Phi) is 4.94. The number of aryl methyl sites for hydroxylation is 1. The number of fused-ring (bicyclic) bond motifs is 1.